The highest BCUT2D eigenvalue weighted by Crippen LogP contribution is 2.38. The van der Waals surface area contributed by atoms with E-state index in [0.29, 0.717) is 34.1 Å². The van der Waals surface area contributed by atoms with Crippen molar-refractivity contribution < 1.29 is 28.6 Å². The Bertz CT molecular complexity index is 1000. The summed E-state index contributed by atoms with van der Waals surface area (Å²) in [5, 5.41) is 2.68. The van der Waals surface area contributed by atoms with Crippen LogP contribution in [0.5, 0.6) is 17.2 Å². The van der Waals surface area contributed by atoms with Crippen LogP contribution >= 0.6 is 0 Å². The van der Waals surface area contributed by atoms with E-state index in [2.05, 4.69) is 5.32 Å². The summed E-state index contributed by atoms with van der Waals surface area (Å²) in [6.07, 6.45) is 2.93. The number of ether oxygens (including phenoxy) is 3. The van der Waals surface area contributed by atoms with Gasteiger partial charge in [-0.1, -0.05) is 0 Å². The van der Waals surface area contributed by atoms with E-state index in [1.807, 2.05) is 0 Å². The van der Waals surface area contributed by atoms with Gasteiger partial charge in [-0.15, -0.1) is 0 Å². The first-order valence-corrected chi connectivity index (χ1v) is 8.65. The van der Waals surface area contributed by atoms with E-state index in [1.54, 1.807) is 24.3 Å². The van der Waals surface area contributed by atoms with Crippen molar-refractivity contribution in [3.63, 3.8) is 0 Å². The number of anilines is 1. The molecule has 8 heteroatoms. The Labute approximate surface area is 167 Å². The molecule has 2 aromatic carbocycles. The average Bonchev–Trinajstić information content (AvgIpc) is 2.95. The maximum Gasteiger partial charge on any atom is 0.261 e. The van der Waals surface area contributed by atoms with Crippen LogP contribution in [0.1, 0.15) is 26.3 Å². The lowest BCUT2D eigenvalue weighted by atomic mass is 10.1. The molecule has 0 saturated carbocycles. The number of amides is 3. The Kier molecular flexibility index (Phi) is 5.54. The lowest BCUT2D eigenvalue weighted by molar-refractivity contribution is -0.111. The van der Waals surface area contributed by atoms with Crippen LogP contribution in [-0.2, 0) is 4.79 Å². The molecule has 0 aliphatic carbocycles. The number of imide groups is 1. The number of carbonyl (C=O) groups excluding carboxylic acids is 3. The number of nitrogens with one attached hydrogen (secondary N) is 1. The molecule has 0 spiro atoms. The van der Waals surface area contributed by atoms with Crippen LogP contribution < -0.4 is 19.5 Å². The van der Waals surface area contributed by atoms with Crippen molar-refractivity contribution in [3.8, 4) is 17.2 Å². The normalized spacial score (nSPS) is 12.9. The van der Waals surface area contributed by atoms with E-state index in [1.165, 1.54) is 46.6 Å². The van der Waals surface area contributed by atoms with Crippen molar-refractivity contribution in [1.29, 1.82) is 0 Å². The summed E-state index contributed by atoms with van der Waals surface area (Å²) < 4.78 is 15.8. The summed E-state index contributed by atoms with van der Waals surface area (Å²) in [4.78, 5) is 37.3. The molecule has 0 bridgehead atoms. The van der Waals surface area contributed by atoms with Gasteiger partial charge in [-0.3, -0.25) is 19.3 Å². The number of rotatable bonds is 6. The molecule has 0 unspecified atom stereocenters. The summed E-state index contributed by atoms with van der Waals surface area (Å²) in [7, 11) is 5.95. The first-order chi connectivity index (χ1) is 13.9. The molecular formula is C21H20N2O6. The van der Waals surface area contributed by atoms with Crippen molar-refractivity contribution >= 4 is 29.5 Å². The van der Waals surface area contributed by atoms with Crippen LogP contribution in [0.25, 0.3) is 6.08 Å². The van der Waals surface area contributed by atoms with Gasteiger partial charge in [-0.25, -0.2) is 0 Å². The van der Waals surface area contributed by atoms with Crippen molar-refractivity contribution in [2.24, 2.45) is 0 Å². The third-order valence-corrected chi connectivity index (χ3v) is 4.47. The number of methoxy groups -OCH3 is 3. The quantitative estimate of drug-likeness (QED) is 0.596. The highest BCUT2D eigenvalue weighted by atomic mass is 16.5. The van der Waals surface area contributed by atoms with Gasteiger partial charge in [-0.05, 0) is 42.0 Å². The predicted molar refractivity (Wildman–Crippen MR) is 107 cm³/mol. The maximum atomic E-state index is 12.3. The zero-order valence-corrected chi connectivity index (χ0v) is 16.4. The highest BCUT2D eigenvalue weighted by Gasteiger charge is 2.32. The Morgan fingerprint density at radius 3 is 2.14 bits per heavy atom. The van der Waals surface area contributed by atoms with E-state index in [0.717, 1.165) is 4.90 Å². The SMILES string of the molecule is COc1cc(/C=C/C(=O)Nc2ccc3c(c2)C(=O)N(C)C3=O)cc(OC)c1OC. The fraction of sp³-hybridized carbons (Fsp3) is 0.190. The molecule has 3 amide bonds. The van der Waals surface area contributed by atoms with Gasteiger partial charge in [0, 0.05) is 18.8 Å². The maximum absolute atomic E-state index is 12.3. The Hall–Kier alpha value is -3.81. The van der Waals surface area contributed by atoms with Gasteiger partial charge in [0.2, 0.25) is 11.7 Å². The Balaban J connectivity index is 1.78. The second-order valence-corrected chi connectivity index (χ2v) is 6.21. The zero-order valence-electron chi connectivity index (χ0n) is 16.4. The van der Waals surface area contributed by atoms with E-state index < -0.39 is 11.8 Å². The number of fused-ring (bicyclic) bond motifs is 1. The second-order valence-electron chi connectivity index (χ2n) is 6.21. The van der Waals surface area contributed by atoms with Gasteiger partial charge in [0.1, 0.15) is 0 Å². The monoisotopic (exact) mass is 396 g/mol. The van der Waals surface area contributed by atoms with Gasteiger partial charge < -0.3 is 19.5 Å². The van der Waals surface area contributed by atoms with Gasteiger partial charge in [0.25, 0.3) is 11.8 Å². The lowest BCUT2D eigenvalue weighted by Crippen LogP contribution is -2.24. The number of benzene rings is 2. The van der Waals surface area contributed by atoms with E-state index in [-0.39, 0.29) is 11.5 Å². The standard InChI is InChI=1S/C21H20N2O6/c1-23-20(25)14-7-6-13(11-15(14)21(23)26)22-18(24)8-5-12-9-16(27-2)19(29-4)17(10-12)28-3/h5-11H,1-4H3,(H,22,24)/b8-5+. The molecule has 150 valence electrons. The molecule has 1 aliphatic rings. The lowest BCUT2D eigenvalue weighted by Gasteiger charge is -2.12. The third-order valence-electron chi connectivity index (χ3n) is 4.47. The van der Waals surface area contributed by atoms with Crippen molar-refractivity contribution in [3.05, 3.63) is 53.1 Å². The fourth-order valence-electron chi connectivity index (χ4n) is 2.99. The minimum atomic E-state index is -0.399. The topological polar surface area (TPSA) is 94.2 Å². The predicted octanol–water partition coefficient (Wildman–Crippen LogP) is 2.59. The van der Waals surface area contributed by atoms with Crippen LogP contribution in [0.3, 0.4) is 0 Å². The van der Waals surface area contributed by atoms with E-state index in [9.17, 15) is 14.4 Å². The third kappa shape index (κ3) is 3.77. The Morgan fingerprint density at radius 2 is 1.55 bits per heavy atom. The molecule has 1 heterocycles. The van der Waals surface area contributed by atoms with Crippen molar-refractivity contribution in [1.82, 2.24) is 4.90 Å². The van der Waals surface area contributed by atoms with Crippen LogP contribution in [0.2, 0.25) is 0 Å². The number of hydrogen-bond acceptors (Lipinski definition) is 6. The van der Waals surface area contributed by atoms with Crippen LogP contribution in [0, 0.1) is 0 Å². The van der Waals surface area contributed by atoms with Crippen LogP contribution in [-0.4, -0.2) is 51.0 Å². The molecule has 0 aromatic heterocycles. The summed E-state index contributed by atoms with van der Waals surface area (Å²) >= 11 is 0. The van der Waals surface area contributed by atoms with Gasteiger partial charge in [0.05, 0.1) is 32.5 Å². The van der Waals surface area contributed by atoms with Gasteiger partial charge in [-0.2, -0.15) is 0 Å². The smallest absolute Gasteiger partial charge is 0.261 e. The molecule has 0 fully saturated rings. The first kappa shape index (κ1) is 19.9. The molecule has 3 rings (SSSR count). The number of carbonyl (C=O) groups is 3. The summed E-state index contributed by atoms with van der Waals surface area (Å²) in [6.45, 7) is 0. The zero-order chi connectivity index (χ0) is 21.1. The van der Waals surface area contributed by atoms with Crippen LogP contribution in [0.4, 0.5) is 5.69 Å². The number of hydrogen-bond donors (Lipinski definition) is 1. The molecule has 0 atom stereocenters. The van der Waals surface area contributed by atoms with Crippen molar-refractivity contribution in [2.75, 3.05) is 33.7 Å². The first-order valence-electron chi connectivity index (χ1n) is 8.65. The summed E-state index contributed by atoms with van der Waals surface area (Å²) in [5.41, 5.74) is 1.68. The second kappa shape index (κ2) is 8.05. The molecule has 29 heavy (non-hydrogen) atoms. The molecule has 2 aromatic rings. The highest BCUT2D eigenvalue weighted by molar-refractivity contribution is 6.21. The Morgan fingerprint density at radius 1 is 0.931 bits per heavy atom. The van der Waals surface area contributed by atoms with Gasteiger partial charge >= 0.3 is 0 Å². The van der Waals surface area contributed by atoms with E-state index in [4.69, 9.17) is 14.2 Å². The molecule has 1 N–H and O–H groups in total. The molecule has 1 aliphatic heterocycles. The average molecular weight is 396 g/mol. The summed E-state index contributed by atoms with van der Waals surface area (Å²) in [5.74, 6) is 0.248. The minimum Gasteiger partial charge on any atom is -0.493 e. The van der Waals surface area contributed by atoms with Crippen molar-refractivity contribution in [2.45, 2.75) is 0 Å². The molecule has 8 nitrogen and oxygen atoms in total. The largest absolute Gasteiger partial charge is 0.493 e. The van der Waals surface area contributed by atoms with Crippen LogP contribution in [0.15, 0.2) is 36.4 Å². The molecular weight excluding hydrogens is 376 g/mol. The molecule has 0 radical (unpaired) electrons. The van der Waals surface area contributed by atoms with Gasteiger partial charge in [0.15, 0.2) is 11.5 Å². The fourth-order valence-corrected chi connectivity index (χ4v) is 2.99. The van der Waals surface area contributed by atoms with E-state index >= 15 is 0 Å². The minimum absolute atomic E-state index is 0.268. The number of nitrogens with zero attached hydrogens (tertiary/aromatic N) is 1. The summed E-state index contributed by atoms with van der Waals surface area (Å²) in [6, 6.07) is 8.01. The molecule has 0 saturated heterocycles.